The van der Waals surface area contributed by atoms with Crippen LogP contribution in [-0.2, 0) is 11.3 Å². The Labute approximate surface area is 105 Å². The molecule has 0 spiro atoms. The Morgan fingerprint density at radius 1 is 1.56 bits per heavy atom. The van der Waals surface area contributed by atoms with Crippen LogP contribution in [0.5, 0.6) is 0 Å². The molecule has 1 rings (SSSR count). The fourth-order valence-corrected chi connectivity index (χ4v) is 1.40. The molecule has 0 aromatic carbocycles. The largest absolute Gasteiger partial charge is 0.480 e. The van der Waals surface area contributed by atoms with E-state index in [0.717, 1.165) is 17.6 Å². The highest BCUT2D eigenvalue weighted by molar-refractivity contribution is 5.91. The number of carboxylic acids is 1. The van der Waals surface area contributed by atoms with Crippen LogP contribution in [0.25, 0.3) is 0 Å². The second-order valence-electron chi connectivity index (χ2n) is 3.88. The van der Waals surface area contributed by atoms with E-state index in [1.807, 2.05) is 7.05 Å². The molecule has 0 radical (unpaired) electrons. The summed E-state index contributed by atoms with van der Waals surface area (Å²) in [6.07, 6.45) is 2.17. The topological polar surface area (TPSA) is 100 Å². The Balaban J connectivity index is 2.55. The molecule has 1 aromatic rings. The number of aliphatic carboxylic acids is 1. The van der Waals surface area contributed by atoms with Crippen LogP contribution in [0.1, 0.15) is 16.9 Å². The zero-order valence-electron chi connectivity index (χ0n) is 10.5. The summed E-state index contributed by atoms with van der Waals surface area (Å²) >= 11 is 0. The Hall–Kier alpha value is -1.96. The van der Waals surface area contributed by atoms with E-state index in [4.69, 9.17) is 5.11 Å². The quantitative estimate of drug-likeness (QED) is 0.609. The number of amides is 1. The second kappa shape index (κ2) is 6.70. The van der Waals surface area contributed by atoms with Crippen LogP contribution in [-0.4, -0.2) is 64.1 Å². The van der Waals surface area contributed by atoms with Crippen molar-refractivity contribution in [1.82, 2.24) is 25.2 Å². The van der Waals surface area contributed by atoms with E-state index in [1.165, 1.54) is 11.1 Å². The standard InChI is InChI=1S/C10H17N5O3/c1-11-4-3-5-14(2)10(18)8-6-15(13-12-8)7-9(16)17/h6,11H,3-5,7H2,1-2H3,(H,16,17). The molecule has 1 amide bonds. The molecule has 0 bridgehead atoms. The minimum Gasteiger partial charge on any atom is -0.480 e. The molecule has 8 heteroatoms. The number of aromatic nitrogens is 3. The summed E-state index contributed by atoms with van der Waals surface area (Å²) in [6, 6.07) is 0. The number of carbonyl (C=O) groups is 2. The van der Waals surface area contributed by atoms with E-state index in [2.05, 4.69) is 15.6 Å². The third-order valence-corrected chi connectivity index (χ3v) is 2.32. The number of carboxylic acid groups (broad SMARTS) is 1. The Bertz CT molecular complexity index is 417. The van der Waals surface area contributed by atoms with Gasteiger partial charge in [0.25, 0.3) is 5.91 Å². The predicted molar refractivity (Wildman–Crippen MR) is 63.2 cm³/mol. The van der Waals surface area contributed by atoms with Gasteiger partial charge in [-0.05, 0) is 20.0 Å². The zero-order chi connectivity index (χ0) is 13.5. The molecule has 0 saturated carbocycles. The van der Waals surface area contributed by atoms with Crippen molar-refractivity contribution in [2.75, 3.05) is 27.2 Å². The number of nitrogens with zero attached hydrogens (tertiary/aromatic N) is 4. The summed E-state index contributed by atoms with van der Waals surface area (Å²) in [7, 11) is 3.52. The average Bonchev–Trinajstić information content (AvgIpc) is 2.75. The van der Waals surface area contributed by atoms with Crippen LogP contribution in [0.4, 0.5) is 0 Å². The number of nitrogens with one attached hydrogen (secondary N) is 1. The predicted octanol–water partition coefficient (Wildman–Crippen LogP) is -0.956. The molecule has 0 aliphatic rings. The fourth-order valence-electron chi connectivity index (χ4n) is 1.40. The molecule has 0 aliphatic heterocycles. The minimum atomic E-state index is -1.03. The van der Waals surface area contributed by atoms with Crippen molar-refractivity contribution in [3.8, 4) is 0 Å². The summed E-state index contributed by atoms with van der Waals surface area (Å²) in [4.78, 5) is 23.9. The molecule has 2 N–H and O–H groups in total. The third kappa shape index (κ3) is 4.13. The van der Waals surface area contributed by atoms with Crippen molar-refractivity contribution >= 4 is 11.9 Å². The number of carbonyl (C=O) groups excluding carboxylic acids is 1. The number of hydrogen-bond donors (Lipinski definition) is 2. The van der Waals surface area contributed by atoms with Gasteiger partial charge in [-0.2, -0.15) is 0 Å². The Kier molecular flexibility index (Phi) is 5.25. The molecule has 8 nitrogen and oxygen atoms in total. The summed E-state index contributed by atoms with van der Waals surface area (Å²) in [5, 5.41) is 18.8. The van der Waals surface area contributed by atoms with Gasteiger partial charge in [-0.15, -0.1) is 5.10 Å². The van der Waals surface area contributed by atoms with Crippen LogP contribution < -0.4 is 5.32 Å². The lowest BCUT2D eigenvalue weighted by Crippen LogP contribution is -2.29. The molecule has 0 saturated heterocycles. The summed E-state index contributed by atoms with van der Waals surface area (Å²) in [5.74, 6) is -1.29. The monoisotopic (exact) mass is 255 g/mol. The Morgan fingerprint density at radius 3 is 2.89 bits per heavy atom. The number of hydrogen-bond acceptors (Lipinski definition) is 5. The minimum absolute atomic E-state index is 0.156. The van der Waals surface area contributed by atoms with Crippen LogP contribution in [0.15, 0.2) is 6.20 Å². The maximum atomic E-state index is 11.9. The zero-order valence-corrected chi connectivity index (χ0v) is 10.5. The van der Waals surface area contributed by atoms with Crippen LogP contribution in [0.2, 0.25) is 0 Å². The fraction of sp³-hybridized carbons (Fsp3) is 0.600. The van der Waals surface area contributed by atoms with Gasteiger partial charge >= 0.3 is 5.97 Å². The van der Waals surface area contributed by atoms with Gasteiger partial charge < -0.3 is 15.3 Å². The molecule has 18 heavy (non-hydrogen) atoms. The van der Waals surface area contributed by atoms with E-state index < -0.39 is 5.97 Å². The lowest BCUT2D eigenvalue weighted by Gasteiger charge is -2.14. The van der Waals surface area contributed by atoms with Crippen molar-refractivity contribution in [1.29, 1.82) is 0 Å². The van der Waals surface area contributed by atoms with Gasteiger partial charge in [0, 0.05) is 13.6 Å². The first-order valence-corrected chi connectivity index (χ1v) is 5.56. The molecular formula is C10H17N5O3. The summed E-state index contributed by atoms with van der Waals surface area (Å²) in [6.45, 7) is 1.12. The first kappa shape index (κ1) is 14.1. The highest BCUT2D eigenvalue weighted by atomic mass is 16.4. The molecule has 1 heterocycles. The van der Waals surface area contributed by atoms with Crippen molar-refractivity contribution in [3.63, 3.8) is 0 Å². The van der Waals surface area contributed by atoms with Crippen LogP contribution >= 0.6 is 0 Å². The van der Waals surface area contributed by atoms with E-state index in [-0.39, 0.29) is 18.1 Å². The van der Waals surface area contributed by atoms with E-state index in [1.54, 1.807) is 7.05 Å². The maximum absolute atomic E-state index is 11.9. The third-order valence-electron chi connectivity index (χ3n) is 2.32. The lowest BCUT2D eigenvalue weighted by atomic mass is 10.3. The smallest absolute Gasteiger partial charge is 0.325 e. The summed E-state index contributed by atoms with van der Waals surface area (Å²) in [5.41, 5.74) is 0.156. The first-order chi connectivity index (χ1) is 8.54. The molecule has 0 atom stereocenters. The van der Waals surface area contributed by atoms with Gasteiger partial charge in [-0.3, -0.25) is 9.59 Å². The maximum Gasteiger partial charge on any atom is 0.325 e. The van der Waals surface area contributed by atoms with Crippen molar-refractivity contribution in [2.45, 2.75) is 13.0 Å². The number of rotatable bonds is 7. The van der Waals surface area contributed by atoms with E-state index in [0.29, 0.717) is 6.54 Å². The first-order valence-electron chi connectivity index (χ1n) is 5.56. The van der Waals surface area contributed by atoms with Gasteiger partial charge in [0.1, 0.15) is 6.54 Å². The summed E-state index contributed by atoms with van der Waals surface area (Å²) < 4.78 is 1.12. The van der Waals surface area contributed by atoms with Crippen LogP contribution in [0, 0.1) is 0 Å². The molecule has 0 aliphatic carbocycles. The van der Waals surface area contributed by atoms with Gasteiger partial charge in [-0.1, -0.05) is 5.21 Å². The highest BCUT2D eigenvalue weighted by Gasteiger charge is 2.15. The Morgan fingerprint density at radius 2 is 2.28 bits per heavy atom. The van der Waals surface area contributed by atoms with Crippen molar-refractivity contribution < 1.29 is 14.7 Å². The highest BCUT2D eigenvalue weighted by Crippen LogP contribution is 1.99. The van der Waals surface area contributed by atoms with Crippen molar-refractivity contribution in [2.24, 2.45) is 0 Å². The molecule has 100 valence electrons. The van der Waals surface area contributed by atoms with Crippen LogP contribution in [0.3, 0.4) is 0 Å². The molecule has 1 aromatic heterocycles. The lowest BCUT2D eigenvalue weighted by molar-refractivity contribution is -0.137. The van der Waals surface area contributed by atoms with E-state index >= 15 is 0 Å². The molecule has 0 fully saturated rings. The SMILES string of the molecule is CNCCCN(C)C(=O)c1cn(CC(=O)O)nn1. The normalized spacial score (nSPS) is 10.3. The van der Waals surface area contributed by atoms with Gasteiger partial charge in [-0.25, -0.2) is 4.68 Å². The van der Waals surface area contributed by atoms with Crippen molar-refractivity contribution in [3.05, 3.63) is 11.9 Å². The molecular weight excluding hydrogens is 238 g/mol. The van der Waals surface area contributed by atoms with Gasteiger partial charge in [0.2, 0.25) is 0 Å². The molecule has 0 unspecified atom stereocenters. The second-order valence-corrected chi connectivity index (χ2v) is 3.88. The van der Waals surface area contributed by atoms with Gasteiger partial charge in [0.05, 0.1) is 6.20 Å². The van der Waals surface area contributed by atoms with E-state index in [9.17, 15) is 9.59 Å². The van der Waals surface area contributed by atoms with Gasteiger partial charge in [0.15, 0.2) is 5.69 Å². The average molecular weight is 255 g/mol.